The van der Waals surface area contributed by atoms with Crippen molar-refractivity contribution in [1.29, 1.82) is 0 Å². The molecule has 130 valence electrons. The Morgan fingerprint density at radius 1 is 1.62 bits per heavy atom. The second-order valence-electron chi connectivity index (χ2n) is 5.17. The Balaban J connectivity index is 2.04. The van der Waals surface area contributed by atoms with E-state index in [0.29, 0.717) is 30.9 Å². The van der Waals surface area contributed by atoms with Gasteiger partial charge in [0.2, 0.25) is 5.83 Å². The Kier molecular flexibility index (Phi) is 5.97. The van der Waals surface area contributed by atoms with Gasteiger partial charge in [-0.2, -0.15) is 4.39 Å². The third-order valence-electron chi connectivity index (χ3n) is 3.43. The Labute approximate surface area is 143 Å². The molecular weight excluding hydrogens is 341 g/mol. The van der Waals surface area contributed by atoms with Crippen LogP contribution in [-0.4, -0.2) is 52.8 Å². The van der Waals surface area contributed by atoms with Gasteiger partial charge in [0.15, 0.2) is 0 Å². The lowest BCUT2D eigenvalue weighted by Crippen LogP contribution is -2.30. The zero-order chi connectivity index (χ0) is 17.7. The molecule has 1 fully saturated rings. The molecule has 2 N–H and O–H groups in total. The van der Waals surface area contributed by atoms with Crippen LogP contribution in [0.2, 0.25) is 5.02 Å². The summed E-state index contributed by atoms with van der Waals surface area (Å²) in [5.41, 5.74) is 0.315. The number of rotatable bonds is 5. The Bertz CT molecular complexity index is 668. The molecule has 2 heterocycles. The highest BCUT2D eigenvalue weighted by Crippen LogP contribution is 2.24. The quantitative estimate of drug-likeness (QED) is 0.622. The summed E-state index contributed by atoms with van der Waals surface area (Å²) in [6.45, 7) is 2.44. The number of pyridine rings is 1. The van der Waals surface area contributed by atoms with Crippen molar-refractivity contribution in [2.45, 2.75) is 19.4 Å². The van der Waals surface area contributed by atoms with Crippen LogP contribution in [0.1, 0.15) is 18.9 Å². The molecule has 0 aromatic carbocycles. The standard InChI is InChI=1S/C15H17ClFN3O4/c1-2-24-14(21)12(17)6-9-5-11(16)13(18-7-9)19-10-3-4-20(8-10)15(22)23/h5-7,10H,2-4,8H2,1H3,(H,18,19)(H,22,23)/b12-6+/t10-/m1/s1. The minimum Gasteiger partial charge on any atom is -0.465 e. The molecule has 1 aliphatic heterocycles. The lowest BCUT2D eigenvalue weighted by molar-refractivity contribution is -0.140. The van der Waals surface area contributed by atoms with Crippen LogP contribution >= 0.6 is 11.6 Å². The fourth-order valence-electron chi connectivity index (χ4n) is 2.29. The number of nitrogens with zero attached hydrogens (tertiary/aromatic N) is 2. The lowest BCUT2D eigenvalue weighted by Gasteiger charge is -2.15. The Morgan fingerprint density at radius 3 is 2.96 bits per heavy atom. The summed E-state index contributed by atoms with van der Waals surface area (Å²) in [6, 6.07) is 1.36. The van der Waals surface area contributed by atoms with Crippen molar-refractivity contribution < 1.29 is 23.8 Å². The minimum absolute atomic E-state index is 0.0801. The predicted octanol–water partition coefficient (Wildman–Crippen LogP) is 2.77. The van der Waals surface area contributed by atoms with Crippen molar-refractivity contribution in [1.82, 2.24) is 9.88 Å². The maximum absolute atomic E-state index is 13.6. The van der Waals surface area contributed by atoms with Gasteiger partial charge in [0, 0.05) is 25.3 Å². The van der Waals surface area contributed by atoms with Gasteiger partial charge in [-0.3, -0.25) is 0 Å². The van der Waals surface area contributed by atoms with Crippen molar-refractivity contribution >= 4 is 35.6 Å². The molecule has 2 rings (SSSR count). The highest BCUT2D eigenvalue weighted by molar-refractivity contribution is 6.33. The van der Waals surface area contributed by atoms with Crippen LogP contribution in [-0.2, 0) is 9.53 Å². The highest BCUT2D eigenvalue weighted by atomic mass is 35.5. The van der Waals surface area contributed by atoms with Crippen LogP contribution in [0.15, 0.2) is 18.1 Å². The smallest absolute Gasteiger partial charge is 0.407 e. The van der Waals surface area contributed by atoms with Crippen LogP contribution in [0.4, 0.5) is 15.0 Å². The van der Waals surface area contributed by atoms with Crippen molar-refractivity contribution in [2.24, 2.45) is 0 Å². The second kappa shape index (κ2) is 7.96. The molecule has 0 radical (unpaired) electrons. The molecule has 1 saturated heterocycles. The first-order valence-corrected chi connectivity index (χ1v) is 7.72. The number of hydrogen-bond acceptors (Lipinski definition) is 5. The van der Waals surface area contributed by atoms with Gasteiger partial charge in [-0.05, 0) is 31.1 Å². The first-order valence-electron chi connectivity index (χ1n) is 7.35. The number of halogens is 2. The molecule has 0 bridgehead atoms. The number of carbonyl (C=O) groups is 2. The Hall–Kier alpha value is -2.35. The van der Waals surface area contributed by atoms with Gasteiger partial charge >= 0.3 is 12.1 Å². The largest absolute Gasteiger partial charge is 0.465 e. The molecule has 1 aliphatic rings. The van der Waals surface area contributed by atoms with Crippen molar-refractivity contribution in [3.63, 3.8) is 0 Å². The van der Waals surface area contributed by atoms with Gasteiger partial charge in [0.05, 0.1) is 11.6 Å². The van der Waals surface area contributed by atoms with E-state index in [1.54, 1.807) is 6.92 Å². The summed E-state index contributed by atoms with van der Waals surface area (Å²) >= 11 is 6.11. The molecule has 1 amide bonds. The second-order valence-corrected chi connectivity index (χ2v) is 5.58. The number of aromatic nitrogens is 1. The third kappa shape index (κ3) is 4.58. The average molecular weight is 358 g/mol. The number of carboxylic acid groups (broad SMARTS) is 1. The zero-order valence-electron chi connectivity index (χ0n) is 13.0. The zero-order valence-corrected chi connectivity index (χ0v) is 13.7. The lowest BCUT2D eigenvalue weighted by atomic mass is 10.2. The number of likely N-dealkylation sites (tertiary alicyclic amines) is 1. The highest BCUT2D eigenvalue weighted by Gasteiger charge is 2.26. The summed E-state index contributed by atoms with van der Waals surface area (Å²) in [4.78, 5) is 27.5. The summed E-state index contributed by atoms with van der Waals surface area (Å²) in [6.07, 6.45) is 2.02. The predicted molar refractivity (Wildman–Crippen MR) is 86.6 cm³/mol. The van der Waals surface area contributed by atoms with E-state index in [9.17, 15) is 14.0 Å². The average Bonchev–Trinajstić information content (AvgIpc) is 2.99. The van der Waals surface area contributed by atoms with Crippen LogP contribution in [0, 0.1) is 0 Å². The molecule has 0 saturated carbocycles. The van der Waals surface area contributed by atoms with E-state index >= 15 is 0 Å². The normalized spacial score (nSPS) is 17.7. The van der Waals surface area contributed by atoms with Gasteiger partial charge in [-0.25, -0.2) is 14.6 Å². The number of nitrogens with one attached hydrogen (secondary N) is 1. The monoisotopic (exact) mass is 357 g/mol. The molecule has 24 heavy (non-hydrogen) atoms. The van der Waals surface area contributed by atoms with Gasteiger partial charge in [-0.1, -0.05) is 11.6 Å². The minimum atomic E-state index is -1.05. The number of hydrogen-bond donors (Lipinski definition) is 2. The summed E-state index contributed by atoms with van der Waals surface area (Å²) < 4.78 is 18.1. The number of esters is 1. The molecule has 7 nitrogen and oxygen atoms in total. The summed E-state index contributed by atoms with van der Waals surface area (Å²) in [7, 11) is 0. The van der Waals surface area contributed by atoms with E-state index in [0.717, 1.165) is 6.08 Å². The topological polar surface area (TPSA) is 91.8 Å². The summed E-state index contributed by atoms with van der Waals surface area (Å²) in [5.74, 6) is -1.71. The van der Waals surface area contributed by atoms with Crippen molar-refractivity contribution in [2.75, 3.05) is 25.0 Å². The first kappa shape index (κ1) is 18.0. The van der Waals surface area contributed by atoms with Crippen LogP contribution in [0.3, 0.4) is 0 Å². The van der Waals surface area contributed by atoms with Crippen LogP contribution < -0.4 is 5.32 Å². The molecule has 1 aromatic rings. The Morgan fingerprint density at radius 2 is 2.38 bits per heavy atom. The molecule has 0 unspecified atom stereocenters. The van der Waals surface area contributed by atoms with Gasteiger partial charge in [0.25, 0.3) is 0 Å². The fraction of sp³-hybridized carbons (Fsp3) is 0.400. The van der Waals surface area contributed by atoms with Crippen LogP contribution in [0.5, 0.6) is 0 Å². The van der Waals surface area contributed by atoms with E-state index in [4.69, 9.17) is 16.7 Å². The molecule has 0 aliphatic carbocycles. The first-order chi connectivity index (χ1) is 11.4. The van der Waals surface area contributed by atoms with E-state index in [-0.39, 0.29) is 17.7 Å². The molecule has 0 spiro atoms. The molecule has 9 heteroatoms. The maximum Gasteiger partial charge on any atom is 0.407 e. The van der Waals surface area contributed by atoms with Gasteiger partial charge < -0.3 is 20.1 Å². The third-order valence-corrected chi connectivity index (χ3v) is 3.71. The number of amides is 1. The van der Waals surface area contributed by atoms with Gasteiger partial charge in [-0.15, -0.1) is 0 Å². The van der Waals surface area contributed by atoms with E-state index in [2.05, 4.69) is 15.0 Å². The van der Waals surface area contributed by atoms with Gasteiger partial charge in [0.1, 0.15) is 5.82 Å². The molecule has 1 aromatic heterocycles. The number of carbonyl (C=O) groups excluding carboxylic acids is 1. The summed E-state index contributed by atoms with van der Waals surface area (Å²) in [5, 5.41) is 12.2. The number of anilines is 1. The van der Waals surface area contributed by atoms with E-state index < -0.39 is 17.9 Å². The number of ether oxygens (including phenoxy) is 1. The van der Waals surface area contributed by atoms with E-state index in [1.165, 1.54) is 17.2 Å². The maximum atomic E-state index is 13.6. The SMILES string of the molecule is CCOC(=O)/C(F)=C\c1cnc(N[C@@H]2CCN(C(=O)O)C2)c(Cl)c1. The van der Waals surface area contributed by atoms with Crippen molar-refractivity contribution in [3.8, 4) is 0 Å². The van der Waals surface area contributed by atoms with Crippen LogP contribution in [0.25, 0.3) is 6.08 Å². The molecule has 1 atom stereocenters. The van der Waals surface area contributed by atoms with E-state index in [1.807, 2.05) is 0 Å². The molecular formula is C15H17ClFN3O4. The van der Waals surface area contributed by atoms with Crippen molar-refractivity contribution in [3.05, 3.63) is 28.7 Å². The fourth-order valence-corrected chi connectivity index (χ4v) is 2.52.